The Morgan fingerprint density at radius 2 is 1.74 bits per heavy atom. The lowest BCUT2D eigenvalue weighted by Crippen LogP contribution is -2.41. The number of alkyl halides is 6. The first kappa shape index (κ1) is 30.3. The molecule has 0 radical (unpaired) electrons. The fourth-order valence-electron chi connectivity index (χ4n) is 2.99. The number of hydrogen-bond acceptors (Lipinski definition) is 11. The van der Waals surface area contributed by atoms with Gasteiger partial charge in [-0.3, -0.25) is 0 Å². The smallest absolute Gasteiger partial charge is 0.475 e. The van der Waals surface area contributed by atoms with Crippen molar-refractivity contribution in [3.63, 3.8) is 0 Å². The van der Waals surface area contributed by atoms with E-state index in [-0.39, 0.29) is 37.4 Å². The van der Waals surface area contributed by atoms with E-state index in [2.05, 4.69) is 23.8 Å². The van der Waals surface area contributed by atoms with Gasteiger partial charge in [-0.15, -0.1) is 23.3 Å². The third-order valence-corrected chi connectivity index (χ3v) is 4.60. The number of fused-ring (bicyclic) bond motifs is 1. The van der Waals surface area contributed by atoms with Crippen molar-refractivity contribution in [1.82, 2.24) is 4.90 Å². The highest BCUT2D eigenvalue weighted by atomic mass is 19.4. The minimum absolute atomic E-state index is 0.103. The molecule has 1 aromatic carbocycles. The van der Waals surface area contributed by atoms with Crippen molar-refractivity contribution in [2.75, 3.05) is 40.1 Å². The molecule has 12 nitrogen and oxygen atoms in total. The van der Waals surface area contributed by atoms with Gasteiger partial charge in [0, 0.05) is 18.7 Å². The highest BCUT2D eigenvalue weighted by Crippen LogP contribution is 2.41. The standard InChI is InChI=1S/C20H20F6N2O10/c1-11-7-13(38-20(24,25)26)8-12-9-14(16(19(21,22)23)37-15(11)12)17(29)34-10-35-18(30)33-5-3-27(2)4-6-36-28(31)32/h7-9,16H,3-6,10H2,1-2H3/t16-/m0/s1. The molecule has 0 unspecified atom stereocenters. The molecule has 0 bridgehead atoms. The second-order valence-corrected chi connectivity index (χ2v) is 7.50. The van der Waals surface area contributed by atoms with Gasteiger partial charge >= 0.3 is 24.7 Å². The SMILES string of the molecule is Cc1cc(OC(F)(F)F)cc2c1O[C@H](C(F)(F)F)C(C(=O)OCOC(=O)OCCN(C)CCO[N+](=O)[O-])=C2. The first-order valence-corrected chi connectivity index (χ1v) is 10.3. The van der Waals surface area contributed by atoms with E-state index in [0.717, 1.165) is 12.1 Å². The molecule has 1 atom stereocenters. The third-order valence-electron chi connectivity index (χ3n) is 4.60. The zero-order chi connectivity index (χ0) is 28.7. The van der Waals surface area contributed by atoms with Crippen molar-refractivity contribution in [3.8, 4) is 11.5 Å². The van der Waals surface area contributed by atoms with Crippen LogP contribution in [0.25, 0.3) is 6.08 Å². The minimum atomic E-state index is -5.12. The summed E-state index contributed by atoms with van der Waals surface area (Å²) in [6.07, 6.45) is -13.7. The van der Waals surface area contributed by atoms with Gasteiger partial charge in [0.15, 0.2) is 0 Å². The van der Waals surface area contributed by atoms with Crippen molar-refractivity contribution >= 4 is 18.2 Å². The first-order chi connectivity index (χ1) is 17.6. The highest BCUT2D eigenvalue weighted by molar-refractivity contribution is 5.96. The fourth-order valence-corrected chi connectivity index (χ4v) is 2.99. The lowest BCUT2D eigenvalue weighted by Gasteiger charge is -2.29. The second kappa shape index (κ2) is 12.5. The van der Waals surface area contributed by atoms with Crippen molar-refractivity contribution in [2.24, 2.45) is 0 Å². The van der Waals surface area contributed by atoms with Gasteiger partial charge in [-0.05, 0) is 37.7 Å². The summed E-state index contributed by atoms with van der Waals surface area (Å²) in [6.45, 7) is -0.231. The summed E-state index contributed by atoms with van der Waals surface area (Å²) in [5, 5.41) is 9.08. The van der Waals surface area contributed by atoms with Crippen LogP contribution in [0.2, 0.25) is 0 Å². The molecule has 212 valence electrons. The molecule has 2 rings (SSSR count). The van der Waals surface area contributed by atoms with Gasteiger partial charge in [-0.2, -0.15) is 13.2 Å². The Balaban J connectivity index is 1.98. The Labute approximate surface area is 209 Å². The predicted octanol–water partition coefficient (Wildman–Crippen LogP) is 3.39. The van der Waals surface area contributed by atoms with Gasteiger partial charge in [0.2, 0.25) is 12.9 Å². The van der Waals surface area contributed by atoms with E-state index in [4.69, 9.17) is 4.74 Å². The molecule has 0 saturated heterocycles. The normalized spacial score (nSPS) is 15.1. The molecule has 0 spiro atoms. The number of ether oxygens (including phenoxy) is 5. The van der Waals surface area contributed by atoms with E-state index >= 15 is 0 Å². The average molecular weight is 562 g/mol. The molecule has 18 heteroatoms. The number of benzene rings is 1. The van der Waals surface area contributed by atoms with E-state index in [1.807, 2.05) is 0 Å². The van der Waals surface area contributed by atoms with E-state index in [0.29, 0.717) is 6.08 Å². The molecule has 1 aliphatic heterocycles. The van der Waals surface area contributed by atoms with Crippen LogP contribution in [-0.4, -0.2) is 80.9 Å². The van der Waals surface area contributed by atoms with Crippen molar-refractivity contribution < 1.29 is 69.5 Å². The maximum Gasteiger partial charge on any atom is 0.573 e. The third kappa shape index (κ3) is 9.49. The lowest BCUT2D eigenvalue weighted by atomic mass is 9.99. The quantitative estimate of drug-likeness (QED) is 0.129. The maximum atomic E-state index is 13.6. The van der Waals surface area contributed by atoms with Crippen LogP contribution in [-0.2, 0) is 23.8 Å². The molecule has 0 aromatic heterocycles. The van der Waals surface area contributed by atoms with E-state index in [1.165, 1.54) is 18.9 Å². The van der Waals surface area contributed by atoms with Crippen LogP contribution in [0.5, 0.6) is 11.5 Å². The molecule has 0 N–H and O–H groups in total. The zero-order valence-electron chi connectivity index (χ0n) is 19.6. The summed E-state index contributed by atoms with van der Waals surface area (Å²) in [5.74, 6) is -2.81. The number of rotatable bonds is 11. The van der Waals surface area contributed by atoms with Crippen LogP contribution < -0.4 is 9.47 Å². The zero-order valence-corrected chi connectivity index (χ0v) is 19.6. The highest BCUT2D eigenvalue weighted by Gasteiger charge is 2.49. The largest absolute Gasteiger partial charge is 0.573 e. The predicted molar refractivity (Wildman–Crippen MR) is 110 cm³/mol. The van der Waals surface area contributed by atoms with Gasteiger partial charge in [0.1, 0.15) is 24.7 Å². The monoisotopic (exact) mass is 562 g/mol. The molecule has 0 saturated carbocycles. The summed E-state index contributed by atoms with van der Waals surface area (Å²) >= 11 is 0. The van der Waals surface area contributed by atoms with E-state index < -0.39 is 59.7 Å². The number of hydrogen-bond donors (Lipinski definition) is 0. The van der Waals surface area contributed by atoms with Crippen molar-refractivity contribution in [3.05, 3.63) is 38.9 Å². The Morgan fingerprint density at radius 1 is 1.08 bits per heavy atom. The molecule has 1 heterocycles. The minimum Gasteiger partial charge on any atom is -0.475 e. The number of nitrogens with zero attached hydrogens (tertiary/aromatic N) is 2. The molecular formula is C20H20F6N2O10. The number of carbonyl (C=O) groups is 2. The van der Waals surface area contributed by atoms with E-state index in [9.17, 15) is 46.0 Å². The number of halogens is 6. The first-order valence-electron chi connectivity index (χ1n) is 10.3. The van der Waals surface area contributed by atoms with Crippen molar-refractivity contribution in [2.45, 2.75) is 25.6 Å². The van der Waals surface area contributed by atoms with Crippen LogP contribution >= 0.6 is 0 Å². The number of likely N-dealkylation sites (N-methyl/N-ethyl adjacent to an activating group) is 1. The Bertz CT molecular complexity index is 1060. The Hall–Kier alpha value is -3.96. The number of esters is 1. The second-order valence-electron chi connectivity index (χ2n) is 7.50. The summed E-state index contributed by atoms with van der Waals surface area (Å²) in [7, 11) is 1.54. The van der Waals surface area contributed by atoms with Gasteiger partial charge < -0.3 is 33.4 Å². The number of aryl methyl sites for hydroxylation is 1. The molecule has 0 amide bonds. The van der Waals surface area contributed by atoms with Gasteiger partial charge in [0.05, 0.1) is 5.57 Å². The van der Waals surface area contributed by atoms with Gasteiger partial charge in [-0.25, -0.2) is 9.59 Å². The molecule has 1 aromatic rings. The van der Waals surface area contributed by atoms with Crippen LogP contribution in [0, 0.1) is 17.0 Å². The molecule has 38 heavy (non-hydrogen) atoms. The van der Waals surface area contributed by atoms with Crippen LogP contribution in [0.1, 0.15) is 11.1 Å². The van der Waals surface area contributed by atoms with Crippen LogP contribution in [0.4, 0.5) is 31.1 Å². The van der Waals surface area contributed by atoms with Crippen LogP contribution in [0.15, 0.2) is 17.7 Å². The van der Waals surface area contributed by atoms with E-state index in [1.54, 1.807) is 0 Å². The molecule has 0 aliphatic carbocycles. The van der Waals surface area contributed by atoms with Gasteiger partial charge in [-0.1, -0.05) is 0 Å². The number of carbonyl (C=O) groups excluding carboxylic acids is 2. The topological polar surface area (TPSA) is 136 Å². The average Bonchev–Trinajstić information content (AvgIpc) is 2.76. The maximum absolute atomic E-state index is 13.6. The van der Waals surface area contributed by atoms with Gasteiger partial charge in [0.25, 0.3) is 5.09 Å². The van der Waals surface area contributed by atoms with Crippen molar-refractivity contribution in [1.29, 1.82) is 0 Å². The Kier molecular flexibility index (Phi) is 9.97. The molecular weight excluding hydrogens is 542 g/mol. The summed E-state index contributed by atoms with van der Waals surface area (Å²) in [5.41, 5.74) is -1.56. The summed E-state index contributed by atoms with van der Waals surface area (Å²) in [4.78, 5) is 39.6. The lowest BCUT2D eigenvalue weighted by molar-refractivity contribution is -0.757. The fraction of sp³-hybridized carbons (Fsp3) is 0.500. The molecule has 1 aliphatic rings. The summed E-state index contributed by atoms with van der Waals surface area (Å²) < 4.78 is 101. The Morgan fingerprint density at radius 3 is 2.34 bits per heavy atom. The molecule has 0 fully saturated rings. The van der Waals surface area contributed by atoms with Crippen LogP contribution in [0.3, 0.4) is 0 Å². The summed E-state index contributed by atoms with van der Waals surface area (Å²) in [6, 6.07) is 1.54.